The van der Waals surface area contributed by atoms with E-state index < -0.39 is 0 Å². The number of nitrogens with one attached hydrogen (secondary N) is 2. The lowest BCUT2D eigenvalue weighted by Gasteiger charge is -2.14. The second-order valence-electron chi connectivity index (χ2n) is 5.87. The van der Waals surface area contributed by atoms with Gasteiger partial charge in [-0.3, -0.25) is 4.79 Å². The molecule has 2 aromatic rings. The molecular weight excluding hydrogens is 465 g/mol. The summed E-state index contributed by atoms with van der Waals surface area (Å²) in [7, 11) is 3.46. The van der Waals surface area contributed by atoms with Crippen LogP contribution in [0.5, 0.6) is 0 Å². The van der Waals surface area contributed by atoms with E-state index in [2.05, 4.69) is 32.2 Å². The molecule has 2 N–H and O–H groups in total. The van der Waals surface area contributed by atoms with E-state index in [0.717, 1.165) is 30.0 Å². The first-order valence-electron chi connectivity index (χ1n) is 8.14. The fourth-order valence-electron chi connectivity index (χ4n) is 2.14. The third-order valence-corrected chi connectivity index (χ3v) is 4.66. The van der Waals surface area contributed by atoms with E-state index in [-0.39, 0.29) is 36.4 Å². The van der Waals surface area contributed by atoms with Crippen LogP contribution in [-0.2, 0) is 17.8 Å². The molecule has 0 saturated heterocycles. The Morgan fingerprint density at radius 2 is 2.12 bits per heavy atom. The van der Waals surface area contributed by atoms with E-state index in [1.807, 2.05) is 19.9 Å². The van der Waals surface area contributed by atoms with Gasteiger partial charge >= 0.3 is 0 Å². The topological polar surface area (TPSA) is 82.8 Å². The molecule has 144 valence electrons. The molecule has 0 aromatic carbocycles. The Bertz CT molecular complexity index is 693. The zero-order valence-electron chi connectivity index (χ0n) is 15.5. The molecule has 0 bridgehead atoms. The van der Waals surface area contributed by atoms with Crippen molar-refractivity contribution in [2.24, 2.45) is 4.99 Å². The number of aryl methyl sites for hydroxylation is 2. The molecule has 9 heteroatoms. The SMILES string of the molecule is Cc1noc(C)c1CN=C(NCCc1cccs1)NCC(=O)N(C)C.I. The van der Waals surface area contributed by atoms with Gasteiger partial charge in [0.05, 0.1) is 18.8 Å². The van der Waals surface area contributed by atoms with E-state index in [9.17, 15) is 4.79 Å². The van der Waals surface area contributed by atoms with Gasteiger partial charge in [-0.25, -0.2) is 4.99 Å². The molecule has 7 nitrogen and oxygen atoms in total. The van der Waals surface area contributed by atoms with Gasteiger partial charge in [-0.05, 0) is 31.7 Å². The number of rotatable bonds is 7. The molecule has 0 unspecified atom stereocenters. The van der Waals surface area contributed by atoms with Crippen LogP contribution in [0, 0.1) is 13.8 Å². The fourth-order valence-corrected chi connectivity index (χ4v) is 2.85. The van der Waals surface area contributed by atoms with Gasteiger partial charge in [0.2, 0.25) is 5.91 Å². The predicted octanol–water partition coefficient (Wildman–Crippen LogP) is 2.34. The third-order valence-electron chi connectivity index (χ3n) is 3.73. The van der Waals surface area contributed by atoms with Gasteiger partial charge in [-0.1, -0.05) is 11.2 Å². The Morgan fingerprint density at radius 1 is 1.35 bits per heavy atom. The number of hydrogen-bond donors (Lipinski definition) is 2. The molecule has 0 saturated carbocycles. The highest BCUT2D eigenvalue weighted by molar-refractivity contribution is 14.0. The van der Waals surface area contributed by atoms with Gasteiger partial charge in [-0.15, -0.1) is 35.3 Å². The number of nitrogens with zero attached hydrogens (tertiary/aromatic N) is 3. The largest absolute Gasteiger partial charge is 0.361 e. The Morgan fingerprint density at radius 3 is 2.69 bits per heavy atom. The number of thiophene rings is 1. The second-order valence-corrected chi connectivity index (χ2v) is 6.90. The van der Waals surface area contributed by atoms with E-state index in [1.165, 1.54) is 4.88 Å². The number of carbonyl (C=O) groups excluding carboxylic acids is 1. The molecule has 0 aliphatic heterocycles. The normalized spacial score (nSPS) is 11.0. The number of amides is 1. The number of halogens is 1. The van der Waals surface area contributed by atoms with Crippen LogP contribution in [0.1, 0.15) is 21.9 Å². The summed E-state index contributed by atoms with van der Waals surface area (Å²) in [6.45, 7) is 5.15. The van der Waals surface area contributed by atoms with Crippen molar-refractivity contribution in [2.45, 2.75) is 26.8 Å². The van der Waals surface area contributed by atoms with Crippen LogP contribution in [0.2, 0.25) is 0 Å². The fraction of sp³-hybridized carbons (Fsp3) is 0.471. The third kappa shape index (κ3) is 6.94. The number of aliphatic imine (C=N–C) groups is 1. The molecule has 2 heterocycles. The van der Waals surface area contributed by atoms with Gasteiger partial charge in [0.1, 0.15) is 5.76 Å². The molecule has 1 amide bonds. The van der Waals surface area contributed by atoms with Crippen molar-refractivity contribution in [1.29, 1.82) is 0 Å². The molecule has 0 aliphatic carbocycles. The number of guanidine groups is 1. The van der Waals surface area contributed by atoms with Crippen LogP contribution in [0.15, 0.2) is 27.0 Å². The first-order chi connectivity index (χ1) is 12.0. The number of aromatic nitrogens is 1. The van der Waals surface area contributed by atoms with Crippen LogP contribution >= 0.6 is 35.3 Å². The van der Waals surface area contributed by atoms with Crippen LogP contribution < -0.4 is 10.6 Å². The molecule has 0 radical (unpaired) electrons. The van der Waals surface area contributed by atoms with Gasteiger partial charge in [0.25, 0.3) is 0 Å². The lowest BCUT2D eigenvalue weighted by atomic mass is 10.2. The summed E-state index contributed by atoms with van der Waals surface area (Å²) in [6, 6.07) is 4.15. The first kappa shape index (κ1) is 22.4. The van der Waals surface area contributed by atoms with Crippen LogP contribution in [0.4, 0.5) is 0 Å². The van der Waals surface area contributed by atoms with Gasteiger partial charge in [0, 0.05) is 31.1 Å². The maximum atomic E-state index is 11.8. The van der Waals surface area contributed by atoms with Crippen LogP contribution in [-0.4, -0.2) is 49.1 Å². The summed E-state index contributed by atoms with van der Waals surface area (Å²) in [5.41, 5.74) is 1.81. The molecular formula is C17H26IN5O2S. The lowest BCUT2D eigenvalue weighted by Crippen LogP contribution is -2.43. The average molecular weight is 491 g/mol. The summed E-state index contributed by atoms with van der Waals surface area (Å²) < 4.78 is 5.17. The maximum Gasteiger partial charge on any atom is 0.241 e. The lowest BCUT2D eigenvalue weighted by molar-refractivity contribution is -0.127. The second kappa shape index (κ2) is 11.2. The number of likely N-dealkylation sites (N-methyl/N-ethyl adjacent to an activating group) is 1. The van der Waals surface area contributed by atoms with E-state index in [1.54, 1.807) is 30.3 Å². The van der Waals surface area contributed by atoms with E-state index in [0.29, 0.717) is 12.5 Å². The number of hydrogen-bond acceptors (Lipinski definition) is 5. The van der Waals surface area contributed by atoms with E-state index >= 15 is 0 Å². The minimum absolute atomic E-state index is 0. The van der Waals surface area contributed by atoms with Crippen molar-refractivity contribution in [3.8, 4) is 0 Å². The van der Waals surface area contributed by atoms with Crippen molar-refractivity contribution < 1.29 is 9.32 Å². The molecule has 0 aliphatic rings. The zero-order valence-corrected chi connectivity index (χ0v) is 18.7. The summed E-state index contributed by atoms with van der Waals surface area (Å²) in [5.74, 6) is 1.36. The molecule has 0 spiro atoms. The molecule has 0 fully saturated rings. The molecule has 0 atom stereocenters. The summed E-state index contributed by atoms with van der Waals surface area (Å²) >= 11 is 1.73. The maximum absolute atomic E-state index is 11.8. The zero-order chi connectivity index (χ0) is 18.2. The smallest absolute Gasteiger partial charge is 0.241 e. The summed E-state index contributed by atoms with van der Waals surface area (Å²) in [5, 5.41) is 12.4. The summed E-state index contributed by atoms with van der Waals surface area (Å²) in [4.78, 5) is 19.2. The molecule has 26 heavy (non-hydrogen) atoms. The van der Waals surface area contributed by atoms with Crippen molar-refractivity contribution in [2.75, 3.05) is 27.2 Å². The van der Waals surface area contributed by atoms with Crippen molar-refractivity contribution in [3.05, 3.63) is 39.4 Å². The van der Waals surface area contributed by atoms with Gasteiger partial charge < -0.3 is 20.1 Å². The predicted molar refractivity (Wildman–Crippen MR) is 115 cm³/mol. The Balaban J connectivity index is 0.00000338. The average Bonchev–Trinajstić information content (AvgIpc) is 3.20. The van der Waals surface area contributed by atoms with Crippen molar-refractivity contribution in [1.82, 2.24) is 20.7 Å². The summed E-state index contributed by atoms with van der Waals surface area (Å²) in [6.07, 6.45) is 0.908. The van der Waals surface area contributed by atoms with Crippen LogP contribution in [0.3, 0.4) is 0 Å². The Kier molecular flexibility index (Phi) is 9.63. The monoisotopic (exact) mass is 491 g/mol. The van der Waals surface area contributed by atoms with E-state index in [4.69, 9.17) is 4.52 Å². The minimum atomic E-state index is -0.00917. The number of carbonyl (C=O) groups is 1. The minimum Gasteiger partial charge on any atom is -0.361 e. The highest BCUT2D eigenvalue weighted by Crippen LogP contribution is 2.13. The Labute approximate surface area is 175 Å². The highest BCUT2D eigenvalue weighted by atomic mass is 127. The van der Waals surface area contributed by atoms with Gasteiger partial charge in [-0.2, -0.15) is 0 Å². The first-order valence-corrected chi connectivity index (χ1v) is 9.01. The van der Waals surface area contributed by atoms with Crippen molar-refractivity contribution >= 4 is 47.2 Å². The quantitative estimate of drug-likeness (QED) is 0.353. The van der Waals surface area contributed by atoms with Crippen LogP contribution in [0.25, 0.3) is 0 Å². The highest BCUT2D eigenvalue weighted by Gasteiger charge is 2.10. The van der Waals surface area contributed by atoms with Crippen molar-refractivity contribution in [3.63, 3.8) is 0 Å². The van der Waals surface area contributed by atoms with Gasteiger partial charge in [0.15, 0.2) is 5.96 Å². The standard InChI is InChI=1S/C17H25N5O2S.HI/c1-12-15(13(2)24-21-12)10-19-17(20-11-16(23)22(3)4)18-8-7-14-6-5-9-25-14;/h5-6,9H,7-8,10-11H2,1-4H3,(H2,18,19,20);1H. The Hall–Kier alpha value is -1.62. The molecule has 2 aromatic heterocycles. The molecule has 2 rings (SSSR count).